The highest BCUT2D eigenvalue weighted by Gasteiger charge is 2.27. The Labute approximate surface area is 194 Å². The third-order valence-electron chi connectivity index (χ3n) is 5.14. The minimum absolute atomic E-state index is 0.116. The van der Waals surface area contributed by atoms with Crippen LogP contribution in [0.15, 0.2) is 65.1 Å². The van der Waals surface area contributed by atoms with Crippen LogP contribution < -0.4 is 4.74 Å². The van der Waals surface area contributed by atoms with E-state index < -0.39 is 10.0 Å². The minimum atomic E-state index is -3.65. The van der Waals surface area contributed by atoms with E-state index in [9.17, 15) is 8.42 Å². The van der Waals surface area contributed by atoms with Crippen molar-refractivity contribution in [1.82, 2.24) is 14.3 Å². The molecule has 0 saturated carbocycles. The summed E-state index contributed by atoms with van der Waals surface area (Å²) in [6, 6.07) is 14.4. The van der Waals surface area contributed by atoms with E-state index in [2.05, 4.69) is 9.97 Å². The summed E-state index contributed by atoms with van der Waals surface area (Å²) in [5.41, 5.74) is 1.99. The molecule has 0 N–H and O–H groups in total. The Morgan fingerprint density at radius 1 is 1.06 bits per heavy atom. The molecule has 2 aromatic heterocycles. The molecule has 0 aliphatic carbocycles. The van der Waals surface area contributed by atoms with Gasteiger partial charge < -0.3 is 9.47 Å². The smallest absolute Gasteiger partial charge is 0.243 e. The summed E-state index contributed by atoms with van der Waals surface area (Å²) in [7, 11) is -3.65. The van der Waals surface area contributed by atoms with Gasteiger partial charge in [-0.3, -0.25) is 0 Å². The molecule has 5 rings (SSSR count). The van der Waals surface area contributed by atoms with Crippen LogP contribution in [0.4, 0.5) is 0 Å². The lowest BCUT2D eigenvalue weighted by molar-refractivity contribution is 0.0730. The Bertz CT molecular complexity index is 1370. The van der Waals surface area contributed by atoms with Gasteiger partial charge in [0.15, 0.2) is 0 Å². The van der Waals surface area contributed by atoms with Crippen molar-refractivity contribution in [2.24, 2.45) is 0 Å². The molecule has 0 amide bonds. The second-order valence-corrected chi connectivity index (χ2v) is 10.3. The highest BCUT2D eigenvalue weighted by Crippen LogP contribution is 2.40. The monoisotopic (exact) mass is 487 g/mol. The van der Waals surface area contributed by atoms with Gasteiger partial charge in [0.2, 0.25) is 15.9 Å². The van der Waals surface area contributed by atoms with E-state index in [0.717, 1.165) is 21.3 Å². The Morgan fingerprint density at radius 2 is 1.84 bits per heavy atom. The standard InChI is InChI=1S/C22H18ClN3O4S2/c23-18-12-16(32(27,28)26-8-10-29-11-9-26)6-7-19(18)30-21-20-17(15-4-2-1-3-5-15)13-31-22(20)25-14-24-21/h1-7,12-14H,8-11H2. The molecule has 1 saturated heterocycles. The molecule has 2 aromatic carbocycles. The van der Waals surface area contributed by atoms with Gasteiger partial charge in [-0.15, -0.1) is 11.3 Å². The largest absolute Gasteiger partial charge is 0.437 e. The molecule has 32 heavy (non-hydrogen) atoms. The normalized spacial score (nSPS) is 15.2. The summed E-state index contributed by atoms with van der Waals surface area (Å²) in [6.07, 6.45) is 1.44. The van der Waals surface area contributed by atoms with Crippen LogP contribution in [0.1, 0.15) is 0 Å². The summed E-state index contributed by atoms with van der Waals surface area (Å²) >= 11 is 7.93. The average molecular weight is 488 g/mol. The van der Waals surface area contributed by atoms with Crippen LogP contribution in [0.5, 0.6) is 11.6 Å². The quantitative estimate of drug-likeness (QED) is 0.401. The lowest BCUT2D eigenvalue weighted by Gasteiger charge is -2.26. The first-order valence-corrected chi connectivity index (χ1v) is 12.6. The fourth-order valence-electron chi connectivity index (χ4n) is 3.52. The number of thiophene rings is 1. The van der Waals surface area contributed by atoms with E-state index in [1.54, 1.807) is 6.07 Å². The predicted molar refractivity (Wildman–Crippen MR) is 124 cm³/mol. The number of sulfonamides is 1. The molecule has 0 unspecified atom stereocenters. The molecule has 7 nitrogen and oxygen atoms in total. The zero-order valence-corrected chi connectivity index (χ0v) is 19.2. The number of morpholine rings is 1. The second kappa shape index (κ2) is 8.76. The zero-order chi connectivity index (χ0) is 22.1. The molecule has 0 atom stereocenters. The first-order valence-electron chi connectivity index (χ1n) is 9.87. The van der Waals surface area contributed by atoms with Gasteiger partial charge in [-0.05, 0) is 23.8 Å². The summed E-state index contributed by atoms with van der Waals surface area (Å²) in [6.45, 7) is 1.39. The maximum Gasteiger partial charge on any atom is 0.243 e. The highest BCUT2D eigenvalue weighted by atomic mass is 35.5. The van der Waals surface area contributed by atoms with E-state index in [1.807, 2.05) is 35.7 Å². The van der Waals surface area contributed by atoms with Crippen molar-refractivity contribution in [3.63, 3.8) is 0 Å². The summed E-state index contributed by atoms with van der Waals surface area (Å²) in [5, 5.41) is 2.98. The number of benzene rings is 2. The van der Waals surface area contributed by atoms with Gasteiger partial charge in [0.1, 0.15) is 16.9 Å². The first kappa shape index (κ1) is 21.3. The number of fused-ring (bicyclic) bond motifs is 1. The molecule has 3 heterocycles. The molecule has 1 fully saturated rings. The van der Waals surface area contributed by atoms with E-state index in [4.69, 9.17) is 21.1 Å². The average Bonchev–Trinajstić information content (AvgIpc) is 3.27. The number of ether oxygens (including phenoxy) is 2. The molecule has 4 aromatic rings. The van der Waals surface area contributed by atoms with Gasteiger partial charge >= 0.3 is 0 Å². The van der Waals surface area contributed by atoms with Crippen LogP contribution in [-0.2, 0) is 14.8 Å². The van der Waals surface area contributed by atoms with Gasteiger partial charge in [-0.25, -0.2) is 18.4 Å². The van der Waals surface area contributed by atoms with Crippen molar-refractivity contribution in [3.8, 4) is 22.8 Å². The van der Waals surface area contributed by atoms with Crippen LogP contribution in [0.2, 0.25) is 5.02 Å². The van der Waals surface area contributed by atoms with Crippen molar-refractivity contribution in [2.45, 2.75) is 4.90 Å². The topological polar surface area (TPSA) is 81.6 Å². The van der Waals surface area contributed by atoms with Gasteiger partial charge in [-0.1, -0.05) is 41.9 Å². The van der Waals surface area contributed by atoms with E-state index in [1.165, 1.54) is 34.1 Å². The van der Waals surface area contributed by atoms with Gasteiger partial charge in [-0.2, -0.15) is 4.31 Å². The third kappa shape index (κ3) is 3.98. The van der Waals surface area contributed by atoms with Crippen molar-refractivity contribution < 1.29 is 17.9 Å². The highest BCUT2D eigenvalue weighted by molar-refractivity contribution is 7.89. The second-order valence-electron chi connectivity index (χ2n) is 7.09. The van der Waals surface area contributed by atoms with E-state index in [0.29, 0.717) is 37.9 Å². The molecule has 0 spiro atoms. The molecular weight excluding hydrogens is 470 g/mol. The fraction of sp³-hybridized carbons (Fsp3) is 0.182. The molecule has 1 aliphatic heterocycles. The predicted octanol–water partition coefficient (Wildman–Crippen LogP) is 4.82. The van der Waals surface area contributed by atoms with Crippen molar-refractivity contribution >= 4 is 43.2 Å². The van der Waals surface area contributed by atoms with Crippen LogP contribution in [0.3, 0.4) is 0 Å². The fourth-order valence-corrected chi connectivity index (χ4v) is 6.15. The minimum Gasteiger partial charge on any atom is -0.437 e. The Morgan fingerprint density at radius 3 is 2.59 bits per heavy atom. The maximum absolute atomic E-state index is 12.9. The molecule has 0 radical (unpaired) electrons. The Balaban J connectivity index is 1.49. The molecule has 164 valence electrons. The van der Waals surface area contributed by atoms with Crippen molar-refractivity contribution in [2.75, 3.05) is 26.3 Å². The number of hydrogen-bond acceptors (Lipinski definition) is 7. The molecule has 1 aliphatic rings. The number of hydrogen-bond donors (Lipinski definition) is 0. The van der Waals surface area contributed by atoms with Crippen molar-refractivity contribution in [3.05, 3.63) is 65.3 Å². The van der Waals surface area contributed by atoms with Gasteiger partial charge in [0, 0.05) is 24.0 Å². The summed E-state index contributed by atoms with van der Waals surface area (Å²) in [4.78, 5) is 9.57. The lowest BCUT2D eigenvalue weighted by Crippen LogP contribution is -2.40. The van der Waals surface area contributed by atoms with Gasteiger partial charge in [0.05, 0.1) is 28.5 Å². The maximum atomic E-state index is 12.9. The molecular formula is C22H18ClN3O4S2. The van der Waals surface area contributed by atoms with Crippen LogP contribution in [-0.4, -0.2) is 49.0 Å². The number of nitrogens with zero attached hydrogens (tertiary/aromatic N) is 3. The van der Waals surface area contributed by atoms with Crippen LogP contribution in [0, 0.1) is 0 Å². The first-order chi connectivity index (χ1) is 15.5. The van der Waals surface area contributed by atoms with E-state index >= 15 is 0 Å². The number of halogens is 1. The van der Waals surface area contributed by atoms with Crippen LogP contribution >= 0.6 is 22.9 Å². The Hall–Kier alpha value is -2.56. The lowest BCUT2D eigenvalue weighted by atomic mass is 10.1. The third-order valence-corrected chi connectivity index (χ3v) is 8.21. The number of rotatable bonds is 5. The molecule has 10 heteroatoms. The van der Waals surface area contributed by atoms with Crippen molar-refractivity contribution in [1.29, 1.82) is 0 Å². The Kier molecular flexibility index (Phi) is 5.83. The van der Waals surface area contributed by atoms with Gasteiger partial charge in [0.25, 0.3) is 0 Å². The summed E-state index contributed by atoms with van der Waals surface area (Å²) < 4.78 is 38.5. The van der Waals surface area contributed by atoms with E-state index in [-0.39, 0.29) is 9.92 Å². The summed E-state index contributed by atoms with van der Waals surface area (Å²) in [5.74, 6) is 0.679. The number of aromatic nitrogens is 2. The molecule has 0 bridgehead atoms. The van der Waals surface area contributed by atoms with Crippen LogP contribution in [0.25, 0.3) is 21.3 Å². The zero-order valence-electron chi connectivity index (χ0n) is 16.8. The SMILES string of the molecule is O=S(=O)(c1ccc(Oc2ncnc3scc(-c4ccccc4)c23)c(Cl)c1)N1CCOCC1.